The first kappa shape index (κ1) is 31.0. The molecule has 1 aromatic rings. The zero-order chi connectivity index (χ0) is 24.6. The van der Waals surface area contributed by atoms with E-state index in [-0.39, 0.29) is 82.7 Å². The standard InChI is InChI=1S/C21H31N3O8S.K/c1-13(2)10-16(24-21(28)32-12-14-6-4-3-5-7-14)19(26)23-17(20(27)33(29,30)31)11-15-8-9-22-18(15)25;/h3-7,13,15-17,20,27H,8-12H2,1-2H3,(H,22,25)(H,23,26)(H,24,28)(H,29,30,31);/q;+1/p-1/t15?,16-,17-,20?;/m1./s1. The van der Waals surface area contributed by atoms with Gasteiger partial charge < -0.3 is 30.3 Å². The molecule has 1 aliphatic rings. The van der Waals surface area contributed by atoms with E-state index in [1.54, 1.807) is 24.3 Å². The monoisotopic (exact) mass is 523 g/mol. The largest absolute Gasteiger partial charge is 1.00 e. The average Bonchev–Trinajstić information content (AvgIpc) is 3.14. The van der Waals surface area contributed by atoms with Gasteiger partial charge in [0, 0.05) is 12.5 Å². The van der Waals surface area contributed by atoms with Crippen LogP contribution in [0.25, 0.3) is 0 Å². The van der Waals surface area contributed by atoms with Gasteiger partial charge in [-0.1, -0.05) is 44.2 Å². The molecule has 0 saturated carbocycles. The number of carbonyl (C=O) groups excluding carboxylic acids is 3. The molecular weight excluding hydrogens is 493 g/mol. The number of hydrogen-bond acceptors (Lipinski definition) is 8. The number of nitrogens with one attached hydrogen (secondary N) is 3. The molecule has 13 heteroatoms. The molecule has 4 N–H and O–H groups in total. The number of rotatable bonds is 11. The van der Waals surface area contributed by atoms with Crippen molar-refractivity contribution in [1.29, 1.82) is 0 Å². The molecule has 4 atom stereocenters. The van der Waals surface area contributed by atoms with Gasteiger partial charge in [0.2, 0.25) is 11.8 Å². The van der Waals surface area contributed by atoms with Gasteiger partial charge in [0.1, 0.15) is 22.8 Å². The van der Waals surface area contributed by atoms with Crippen LogP contribution in [0.4, 0.5) is 4.79 Å². The SMILES string of the molecule is CC(C)C[C@@H](NC(=O)OCc1ccccc1)C(=O)N[C@H](CC1CCNC1=O)C(O)S(=O)(=O)[O-].[K+]. The molecular formula is C21H30KN3O8S. The zero-order valence-electron chi connectivity index (χ0n) is 19.5. The summed E-state index contributed by atoms with van der Waals surface area (Å²) in [5.74, 6) is -1.86. The first-order valence-electron chi connectivity index (χ1n) is 10.7. The molecule has 0 bridgehead atoms. The van der Waals surface area contributed by atoms with E-state index in [0.29, 0.717) is 13.0 Å². The minimum atomic E-state index is -5.17. The van der Waals surface area contributed by atoms with Crippen molar-refractivity contribution in [3.05, 3.63) is 35.9 Å². The predicted octanol–water partition coefficient (Wildman–Crippen LogP) is -2.79. The number of hydrogen-bond donors (Lipinski definition) is 4. The number of aliphatic hydroxyl groups is 1. The van der Waals surface area contributed by atoms with Crippen LogP contribution in [0.15, 0.2) is 30.3 Å². The molecule has 1 aliphatic heterocycles. The number of amides is 3. The molecule has 0 spiro atoms. The Balaban J connectivity index is 0.00000578. The van der Waals surface area contributed by atoms with Gasteiger partial charge in [-0.2, -0.15) is 0 Å². The van der Waals surface area contributed by atoms with Crippen LogP contribution >= 0.6 is 0 Å². The Labute approximate surface area is 241 Å². The van der Waals surface area contributed by atoms with E-state index in [9.17, 15) is 32.5 Å². The van der Waals surface area contributed by atoms with Gasteiger partial charge in [0.25, 0.3) is 0 Å². The van der Waals surface area contributed by atoms with Crippen molar-refractivity contribution >= 4 is 28.0 Å². The first-order chi connectivity index (χ1) is 15.5. The molecule has 0 aromatic heterocycles. The van der Waals surface area contributed by atoms with Gasteiger partial charge in [-0.15, -0.1) is 0 Å². The van der Waals surface area contributed by atoms with Crippen molar-refractivity contribution < 1.29 is 88.6 Å². The van der Waals surface area contributed by atoms with Gasteiger partial charge in [-0.05, 0) is 30.7 Å². The van der Waals surface area contributed by atoms with Gasteiger partial charge in [-0.3, -0.25) is 9.59 Å². The zero-order valence-corrected chi connectivity index (χ0v) is 23.5. The number of ether oxygens (including phenoxy) is 1. The Morgan fingerprint density at radius 3 is 2.41 bits per heavy atom. The van der Waals surface area contributed by atoms with Crippen LogP contribution in [-0.4, -0.2) is 60.0 Å². The Kier molecular flexibility index (Phi) is 13.2. The molecule has 34 heavy (non-hydrogen) atoms. The van der Waals surface area contributed by atoms with E-state index in [1.165, 1.54) is 0 Å². The topological polar surface area (TPSA) is 174 Å². The third-order valence-corrected chi connectivity index (χ3v) is 6.12. The second kappa shape index (κ2) is 14.5. The van der Waals surface area contributed by atoms with Crippen molar-refractivity contribution in [2.45, 2.75) is 57.2 Å². The summed E-state index contributed by atoms with van der Waals surface area (Å²) in [6, 6.07) is 6.27. The van der Waals surface area contributed by atoms with Gasteiger partial charge >= 0.3 is 57.5 Å². The summed E-state index contributed by atoms with van der Waals surface area (Å²) in [5, 5.41) is 17.4. The average molecular weight is 524 g/mol. The first-order valence-corrected chi connectivity index (χ1v) is 12.1. The maximum Gasteiger partial charge on any atom is 1.00 e. The van der Waals surface area contributed by atoms with E-state index in [2.05, 4.69) is 16.0 Å². The van der Waals surface area contributed by atoms with E-state index >= 15 is 0 Å². The van der Waals surface area contributed by atoms with Crippen molar-refractivity contribution in [2.75, 3.05) is 6.54 Å². The summed E-state index contributed by atoms with van der Waals surface area (Å²) in [4.78, 5) is 37.0. The Hall–Kier alpha value is -1.06. The third-order valence-electron chi connectivity index (χ3n) is 5.20. The van der Waals surface area contributed by atoms with Crippen LogP contribution in [0.2, 0.25) is 0 Å². The van der Waals surface area contributed by atoms with Crippen molar-refractivity contribution in [3.8, 4) is 0 Å². The molecule has 1 saturated heterocycles. The summed E-state index contributed by atoms with van der Waals surface area (Å²) in [6.07, 6.45) is -0.546. The molecule has 1 heterocycles. The number of aliphatic hydroxyl groups excluding tert-OH is 1. The summed E-state index contributed by atoms with van der Waals surface area (Å²) < 4.78 is 39.4. The molecule has 1 aromatic carbocycles. The van der Waals surface area contributed by atoms with E-state index in [4.69, 9.17) is 4.74 Å². The van der Waals surface area contributed by atoms with Crippen molar-refractivity contribution in [2.24, 2.45) is 11.8 Å². The van der Waals surface area contributed by atoms with E-state index in [0.717, 1.165) is 5.56 Å². The number of benzene rings is 1. The van der Waals surface area contributed by atoms with Gasteiger partial charge in [0.15, 0.2) is 5.44 Å². The maximum absolute atomic E-state index is 12.9. The van der Waals surface area contributed by atoms with Gasteiger partial charge in [0.05, 0.1) is 6.04 Å². The third kappa shape index (κ3) is 10.3. The smallest absolute Gasteiger partial charge is 0.746 e. The van der Waals surface area contributed by atoms with Crippen LogP contribution < -0.4 is 67.3 Å². The van der Waals surface area contributed by atoms with Crippen LogP contribution in [0.1, 0.15) is 38.7 Å². The molecule has 2 unspecified atom stereocenters. The molecule has 0 radical (unpaired) electrons. The molecule has 11 nitrogen and oxygen atoms in total. The minimum absolute atomic E-state index is 0. The molecule has 184 valence electrons. The van der Waals surface area contributed by atoms with E-state index < -0.39 is 45.6 Å². The minimum Gasteiger partial charge on any atom is -0.746 e. The summed E-state index contributed by atoms with van der Waals surface area (Å²) >= 11 is 0. The predicted molar refractivity (Wildman–Crippen MR) is 116 cm³/mol. The maximum atomic E-state index is 12.9. The molecule has 1 fully saturated rings. The Morgan fingerprint density at radius 1 is 1.24 bits per heavy atom. The van der Waals surface area contributed by atoms with Crippen LogP contribution in [0.5, 0.6) is 0 Å². The summed E-state index contributed by atoms with van der Waals surface area (Å²) in [5.41, 5.74) is -1.70. The van der Waals surface area contributed by atoms with Crippen LogP contribution in [0.3, 0.4) is 0 Å². The second-order valence-corrected chi connectivity index (χ2v) is 9.87. The van der Waals surface area contributed by atoms with E-state index in [1.807, 2.05) is 19.9 Å². The molecule has 2 rings (SSSR count). The summed E-state index contributed by atoms with van der Waals surface area (Å²) in [6.45, 7) is 3.98. The molecule has 3 amide bonds. The fourth-order valence-electron chi connectivity index (χ4n) is 3.52. The summed E-state index contributed by atoms with van der Waals surface area (Å²) in [7, 11) is -5.17. The second-order valence-electron chi connectivity index (χ2n) is 8.40. The van der Waals surface area contributed by atoms with Gasteiger partial charge in [-0.25, -0.2) is 13.2 Å². The fraction of sp³-hybridized carbons (Fsp3) is 0.571. The van der Waals surface area contributed by atoms with Crippen LogP contribution in [0, 0.1) is 11.8 Å². The normalized spacial score (nSPS) is 18.3. The Bertz CT molecular complexity index is 929. The quantitative estimate of drug-likeness (QED) is 0.178. The van der Waals surface area contributed by atoms with Crippen molar-refractivity contribution in [1.82, 2.24) is 16.0 Å². The fourth-order valence-corrected chi connectivity index (χ4v) is 4.10. The number of carbonyl (C=O) groups is 3. The Morgan fingerprint density at radius 2 is 1.88 bits per heavy atom. The van der Waals surface area contributed by atoms with Crippen molar-refractivity contribution in [3.63, 3.8) is 0 Å². The number of alkyl carbamates (subject to hydrolysis) is 1. The van der Waals surface area contributed by atoms with Crippen LogP contribution in [-0.2, 0) is 31.1 Å². The molecule has 0 aliphatic carbocycles.